The molecular weight excluding hydrogens is 251 g/mol. The van der Waals surface area contributed by atoms with Gasteiger partial charge in [0.2, 0.25) is 0 Å². The molecule has 3 nitrogen and oxygen atoms in total. The predicted octanol–water partition coefficient (Wildman–Crippen LogP) is 2.05. The molecule has 18 heavy (non-hydrogen) atoms. The van der Waals surface area contributed by atoms with Gasteiger partial charge in [0.05, 0.1) is 18.2 Å². The number of rotatable bonds is 1. The van der Waals surface area contributed by atoms with Crippen molar-refractivity contribution in [2.75, 3.05) is 0 Å². The van der Waals surface area contributed by atoms with Gasteiger partial charge >= 0.3 is 0 Å². The zero-order valence-electron chi connectivity index (χ0n) is 9.14. The Kier molecular flexibility index (Phi) is 3.69. The van der Waals surface area contributed by atoms with Gasteiger partial charge in [-0.15, -0.1) is 11.3 Å². The third-order valence-electron chi connectivity index (χ3n) is 2.05. The summed E-state index contributed by atoms with van der Waals surface area (Å²) in [7, 11) is 0. The Bertz CT molecular complexity index is 676. The van der Waals surface area contributed by atoms with Gasteiger partial charge in [-0.05, 0) is 24.1 Å². The molecule has 2 aromatic rings. The highest BCUT2D eigenvalue weighted by atomic mass is 32.1. The summed E-state index contributed by atoms with van der Waals surface area (Å²) in [5.41, 5.74) is 1.17. The number of halogens is 1. The summed E-state index contributed by atoms with van der Waals surface area (Å²) in [6.07, 6.45) is 0. The predicted molar refractivity (Wildman–Crippen MR) is 65.1 cm³/mol. The molecule has 1 aromatic heterocycles. The van der Waals surface area contributed by atoms with Gasteiger partial charge in [-0.2, -0.15) is 5.26 Å². The molecule has 0 aliphatic rings. The van der Waals surface area contributed by atoms with Crippen molar-refractivity contribution in [1.82, 2.24) is 4.98 Å². The smallest absolute Gasteiger partial charge is 0.125 e. The van der Waals surface area contributed by atoms with E-state index in [0.717, 1.165) is 6.07 Å². The molecule has 1 aromatic carbocycles. The number of thiazole rings is 1. The van der Waals surface area contributed by atoms with Gasteiger partial charge in [0.25, 0.3) is 0 Å². The maximum atomic E-state index is 13.1. The van der Waals surface area contributed by atoms with Crippen LogP contribution in [-0.4, -0.2) is 10.1 Å². The lowest BCUT2D eigenvalue weighted by molar-refractivity contribution is 0.281. The highest BCUT2D eigenvalue weighted by molar-refractivity contribution is 7.09. The quantitative estimate of drug-likeness (QED) is 0.796. The SMILES string of the molecule is N#Cc1cc(F)cc(C#Cc2csc(CO)n2)c1. The summed E-state index contributed by atoms with van der Waals surface area (Å²) in [5.74, 6) is 5.00. The fourth-order valence-electron chi connectivity index (χ4n) is 1.30. The molecule has 2 rings (SSSR count). The second-order valence-electron chi connectivity index (χ2n) is 3.37. The number of hydrogen-bond donors (Lipinski definition) is 1. The highest BCUT2D eigenvalue weighted by Gasteiger charge is 1.99. The van der Waals surface area contributed by atoms with Crippen LogP contribution in [0.5, 0.6) is 0 Å². The first-order valence-electron chi connectivity index (χ1n) is 4.99. The molecule has 1 N–H and O–H groups in total. The van der Waals surface area contributed by atoms with E-state index in [-0.39, 0.29) is 12.2 Å². The number of aliphatic hydroxyl groups is 1. The number of nitrogens with zero attached hydrogens (tertiary/aromatic N) is 2. The Morgan fingerprint density at radius 2 is 2.06 bits per heavy atom. The van der Waals surface area contributed by atoms with Crippen molar-refractivity contribution in [2.45, 2.75) is 6.61 Å². The minimum atomic E-state index is -0.493. The minimum absolute atomic E-state index is 0.120. The summed E-state index contributed by atoms with van der Waals surface area (Å²) in [6.45, 7) is -0.120. The van der Waals surface area contributed by atoms with Gasteiger partial charge in [0.1, 0.15) is 16.5 Å². The van der Waals surface area contributed by atoms with Crippen LogP contribution in [0.15, 0.2) is 23.6 Å². The van der Waals surface area contributed by atoms with Crippen molar-refractivity contribution < 1.29 is 9.50 Å². The van der Waals surface area contributed by atoms with Crippen LogP contribution in [-0.2, 0) is 6.61 Å². The zero-order chi connectivity index (χ0) is 13.0. The van der Waals surface area contributed by atoms with Crippen molar-refractivity contribution >= 4 is 11.3 Å². The van der Waals surface area contributed by atoms with Gasteiger partial charge < -0.3 is 5.11 Å². The molecule has 0 atom stereocenters. The Morgan fingerprint density at radius 1 is 1.28 bits per heavy atom. The van der Waals surface area contributed by atoms with Crippen LogP contribution in [0.1, 0.15) is 21.8 Å². The number of benzene rings is 1. The second-order valence-corrected chi connectivity index (χ2v) is 4.32. The van der Waals surface area contributed by atoms with Crippen LogP contribution in [0, 0.1) is 29.0 Å². The summed E-state index contributed by atoms with van der Waals surface area (Å²) in [6, 6.07) is 5.78. The van der Waals surface area contributed by atoms with Gasteiger partial charge in [0.15, 0.2) is 0 Å². The molecule has 0 saturated carbocycles. The van der Waals surface area contributed by atoms with Crippen LogP contribution < -0.4 is 0 Å². The maximum Gasteiger partial charge on any atom is 0.125 e. The molecule has 0 spiro atoms. The molecule has 0 radical (unpaired) electrons. The summed E-state index contributed by atoms with van der Waals surface area (Å²) in [4.78, 5) is 4.04. The van der Waals surface area contributed by atoms with E-state index < -0.39 is 5.82 Å². The number of aliphatic hydroxyl groups excluding tert-OH is 1. The summed E-state index contributed by atoms with van der Waals surface area (Å²) in [5, 5.41) is 19.8. The fourth-order valence-corrected chi connectivity index (χ4v) is 1.89. The van der Waals surface area contributed by atoms with Gasteiger partial charge in [-0.25, -0.2) is 9.37 Å². The van der Waals surface area contributed by atoms with Crippen LogP contribution in [0.2, 0.25) is 0 Å². The molecule has 1 heterocycles. The summed E-state index contributed by atoms with van der Waals surface area (Å²) < 4.78 is 13.1. The third kappa shape index (κ3) is 2.92. The van der Waals surface area contributed by atoms with Gasteiger partial charge in [-0.1, -0.05) is 5.92 Å². The second kappa shape index (κ2) is 5.42. The molecule has 5 heteroatoms. The first-order chi connectivity index (χ1) is 8.71. The largest absolute Gasteiger partial charge is 0.389 e. The molecule has 0 unspecified atom stereocenters. The maximum absolute atomic E-state index is 13.1. The van der Waals surface area contributed by atoms with Crippen LogP contribution in [0.25, 0.3) is 0 Å². The molecule has 0 saturated heterocycles. The number of hydrogen-bond acceptors (Lipinski definition) is 4. The van der Waals surface area contributed by atoms with Gasteiger partial charge in [-0.3, -0.25) is 0 Å². The Balaban J connectivity index is 2.29. The Labute approximate surface area is 107 Å². The molecule has 0 fully saturated rings. The average molecular weight is 258 g/mol. The Hall–Kier alpha value is -2.21. The van der Waals surface area contributed by atoms with E-state index in [2.05, 4.69) is 16.8 Å². The van der Waals surface area contributed by atoms with Crippen molar-refractivity contribution in [3.05, 3.63) is 51.2 Å². The topological polar surface area (TPSA) is 56.9 Å². The van der Waals surface area contributed by atoms with E-state index >= 15 is 0 Å². The van der Waals surface area contributed by atoms with Crippen molar-refractivity contribution in [3.8, 4) is 17.9 Å². The van der Waals surface area contributed by atoms with E-state index in [9.17, 15) is 4.39 Å². The lowest BCUT2D eigenvalue weighted by atomic mass is 10.1. The summed E-state index contributed by atoms with van der Waals surface area (Å²) >= 11 is 1.31. The Morgan fingerprint density at radius 3 is 2.72 bits per heavy atom. The van der Waals surface area contributed by atoms with E-state index in [4.69, 9.17) is 10.4 Å². The molecule has 0 bridgehead atoms. The lowest BCUT2D eigenvalue weighted by Gasteiger charge is -1.92. The van der Waals surface area contributed by atoms with Crippen LogP contribution >= 0.6 is 11.3 Å². The molecule has 88 valence electrons. The standard InChI is InChI=1S/C13H7FN2OS/c14-11-4-9(3-10(5-11)6-15)1-2-12-8-18-13(7-17)16-12/h3-5,8,17H,7H2. The fraction of sp³-hybridized carbons (Fsp3) is 0.0769. The molecular formula is C13H7FN2OS. The first kappa shape index (κ1) is 12.3. The van der Waals surface area contributed by atoms with E-state index in [1.807, 2.05) is 6.07 Å². The molecule has 0 aliphatic carbocycles. The van der Waals surface area contributed by atoms with Crippen molar-refractivity contribution in [1.29, 1.82) is 5.26 Å². The number of nitriles is 1. The zero-order valence-corrected chi connectivity index (χ0v) is 9.96. The van der Waals surface area contributed by atoms with Gasteiger partial charge in [0, 0.05) is 10.9 Å². The molecule has 0 aliphatic heterocycles. The van der Waals surface area contributed by atoms with E-state index in [0.29, 0.717) is 16.3 Å². The lowest BCUT2D eigenvalue weighted by Crippen LogP contribution is -1.84. The van der Waals surface area contributed by atoms with E-state index in [1.165, 1.54) is 23.5 Å². The molecule has 0 amide bonds. The van der Waals surface area contributed by atoms with Crippen molar-refractivity contribution in [2.24, 2.45) is 0 Å². The van der Waals surface area contributed by atoms with Crippen LogP contribution in [0.3, 0.4) is 0 Å². The first-order valence-corrected chi connectivity index (χ1v) is 5.87. The van der Waals surface area contributed by atoms with E-state index in [1.54, 1.807) is 5.38 Å². The third-order valence-corrected chi connectivity index (χ3v) is 2.88. The average Bonchev–Trinajstić information content (AvgIpc) is 2.83. The minimum Gasteiger partial charge on any atom is -0.389 e. The monoisotopic (exact) mass is 258 g/mol. The van der Waals surface area contributed by atoms with Crippen molar-refractivity contribution in [3.63, 3.8) is 0 Å². The number of aromatic nitrogens is 1. The van der Waals surface area contributed by atoms with Crippen LogP contribution in [0.4, 0.5) is 4.39 Å². The normalized spacial score (nSPS) is 9.39. The highest BCUT2D eigenvalue weighted by Crippen LogP contribution is 2.10.